The van der Waals surface area contributed by atoms with E-state index >= 15 is 0 Å². The minimum Gasteiger partial charge on any atom is -0.335 e. The summed E-state index contributed by atoms with van der Waals surface area (Å²) >= 11 is 0. The number of hydrogen-bond donors (Lipinski definition) is 2. The molecule has 1 aromatic rings. The number of hydrogen-bond acceptors (Lipinski definition) is 4. The number of carbonyl (C=O) groups is 1. The molecule has 3 rings (SSSR count). The number of nitrogen functional groups attached to an aromatic ring is 1. The minimum atomic E-state index is 0.0877. The Morgan fingerprint density at radius 3 is 3.05 bits per heavy atom. The number of nitrogens with one attached hydrogen (secondary N) is 1. The molecule has 2 atom stereocenters. The molecule has 2 aliphatic rings. The summed E-state index contributed by atoms with van der Waals surface area (Å²) in [6.07, 6.45) is 9.36. The number of rotatable bonds is 2. The Morgan fingerprint density at radius 1 is 1.37 bits per heavy atom. The summed E-state index contributed by atoms with van der Waals surface area (Å²) in [6.45, 7) is 0.875. The largest absolute Gasteiger partial charge is 0.335 e. The molecule has 2 unspecified atom stereocenters. The lowest BCUT2D eigenvalue weighted by atomic mass is 9.85. The van der Waals surface area contributed by atoms with Crippen molar-refractivity contribution in [1.29, 1.82) is 0 Å². The van der Waals surface area contributed by atoms with Crippen LogP contribution in [0.5, 0.6) is 0 Å². The Balaban J connectivity index is 1.84. The second kappa shape index (κ2) is 5.17. The molecule has 1 aliphatic carbocycles. The van der Waals surface area contributed by atoms with E-state index in [4.69, 9.17) is 5.84 Å². The average molecular weight is 260 g/mol. The zero-order valence-corrected chi connectivity index (χ0v) is 11.0. The molecule has 0 aromatic carbocycles. The van der Waals surface area contributed by atoms with E-state index in [1.165, 1.54) is 19.3 Å². The van der Waals surface area contributed by atoms with Crippen molar-refractivity contribution in [3.05, 3.63) is 24.0 Å². The quantitative estimate of drug-likeness (QED) is 0.628. The fraction of sp³-hybridized carbons (Fsp3) is 0.571. The standard InChI is InChI=1S/C14H20N4O/c15-17-12-9-16-7-5-11(12)14(19)18-8-6-10-3-1-2-4-13(10)18/h5,7,9-10,13,17H,1-4,6,8,15H2. The van der Waals surface area contributed by atoms with Gasteiger partial charge in [0.25, 0.3) is 5.91 Å². The third kappa shape index (κ3) is 2.18. The Kier molecular flexibility index (Phi) is 3.38. The van der Waals surface area contributed by atoms with Crippen LogP contribution in [-0.2, 0) is 0 Å². The van der Waals surface area contributed by atoms with E-state index in [2.05, 4.69) is 10.4 Å². The van der Waals surface area contributed by atoms with Gasteiger partial charge in [-0.3, -0.25) is 15.6 Å². The number of anilines is 1. The average Bonchev–Trinajstić information content (AvgIpc) is 2.90. The van der Waals surface area contributed by atoms with Gasteiger partial charge in [-0.25, -0.2) is 0 Å². The van der Waals surface area contributed by atoms with Gasteiger partial charge in [-0.2, -0.15) is 0 Å². The number of likely N-dealkylation sites (tertiary alicyclic amines) is 1. The molecule has 1 saturated heterocycles. The van der Waals surface area contributed by atoms with Crippen molar-refractivity contribution < 1.29 is 4.79 Å². The zero-order chi connectivity index (χ0) is 13.2. The number of pyridine rings is 1. The monoisotopic (exact) mass is 260 g/mol. The van der Waals surface area contributed by atoms with Crippen LogP contribution in [0.4, 0.5) is 5.69 Å². The Hall–Kier alpha value is -1.62. The van der Waals surface area contributed by atoms with E-state index in [1.54, 1.807) is 18.5 Å². The fourth-order valence-electron chi connectivity index (χ4n) is 3.51. The van der Waals surface area contributed by atoms with E-state index < -0.39 is 0 Å². The van der Waals surface area contributed by atoms with Crippen molar-refractivity contribution in [2.45, 2.75) is 38.1 Å². The predicted octanol–water partition coefficient (Wildman–Crippen LogP) is 1.77. The van der Waals surface area contributed by atoms with Crippen LogP contribution >= 0.6 is 0 Å². The van der Waals surface area contributed by atoms with E-state index in [9.17, 15) is 4.79 Å². The highest BCUT2D eigenvalue weighted by molar-refractivity contribution is 5.99. The highest BCUT2D eigenvalue weighted by atomic mass is 16.2. The zero-order valence-electron chi connectivity index (χ0n) is 11.0. The number of nitrogens with two attached hydrogens (primary N) is 1. The Morgan fingerprint density at radius 2 is 2.21 bits per heavy atom. The SMILES string of the molecule is NNc1cnccc1C(=O)N1CCC2CCCCC21. The van der Waals surface area contributed by atoms with E-state index in [0.29, 0.717) is 23.2 Å². The summed E-state index contributed by atoms with van der Waals surface area (Å²) in [5.41, 5.74) is 3.79. The summed E-state index contributed by atoms with van der Waals surface area (Å²) in [5.74, 6) is 6.25. The molecular formula is C14H20N4O. The normalized spacial score (nSPS) is 26.1. The van der Waals surface area contributed by atoms with Gasteiger partial charge in [0, 0.05) is 18.8 Å². The molecule has 1 saturated carbocycles. The number of fused-ring (bicyclic) bond motifs is 1. The van der Waals surface area contributed by atoms with Crippen LogP contribution in [0.1, 0.15) is 42.5 Å². The maximum Gasteiger partial charge on any atom is 0.256 e. The van der Waals surface area contributed by atoms with Gasteiger partial charge in [-0.15, -0.1) is 0 Å². The van der Waals surface area contributed by atoms with Crippen molar-refractivity contribution in [2.24, 2.45) is 11.8 Å². The first kappa shape index (κ1) is 12.4. The smallest absolute Gasteiger partial charge is 0.256 e. The van der Waals surface area contributed by atoms with Crippen molar-refractivity contribution in [3.8, 4) is 0 Å². The van der Waals surface area contributed by atoms with Crippen LogP contribution in [0, 0.1) is 5.92 Å². The number of carbonyl (C=O) groups excluding carboxylic acids is 1. The molecule has 5 nitrogen and oxygen atoms in total. The Bertz CT molecular complexity index is 476. The first-order valence-electron chi connectivity index (χ1n) is 7.03. The van der Waals surface area contributed by atoms with Crippen molar-refractivity contribution in [1.82, 2.24) is 9.88 Å². The van der Waals surface area contributed by atoms with Gasteiger partial charge in [-0.05, 0) is 31.2 Å². The lowest BCUT2D eigenvalue weighted by Gasteiger charge is -2.32. The first-order chi connectivity index (χ1) is 9.31. The van der Waals surface area contributed by atoms with Gasteiger partial charge in [0.1, 0.15) is 0 Å². The summed E-state index contributed by atoms with van der Waals surface area (Å²) in [6, 6.07) is 2.17. The molecule has 2 heterocycles. The molecule has 5 heteroatoms. The molecule has 1 amide bonds. The molecule has 0 spiro atoms. The Labute approximate surface area is 113 Å². The fourth-order valence-corrected chi connectivity index (χ4v) is 3.51. The van der Waals surface area contributed by atoms with Crippen LogP contribution < -0.4 is 11.3 Å². The maximum atomic E-state index is 12.7. The predicted molar refractivity (Wildman–Crippen MR) is 73.4 cm³/mol. The summed E-state index contributed by atoms with van der Waals surface area (Å²) in [4.78, 5) is 18.7. The second-order valence-electron chi connectivity index (χ2n) is 5.46. The van der Waals surface area contributed by atoms with E-state index in [-0.39, 0.29) is 5.91 Å². The molecule has 3 N–H and O–H groups in total. The molecule has 19 heavy (non-hydrogen) atoms. The van der Waals surface area contributed by atoms with E-state index in [1.807, 2.05) is 4.90 Å². The van der Waals surface area contributed by atoms with Crippen molar-refractivity contribution in [3.63, 3.8) is 0 Å². The number of nitrogens with zero attached hydrogens (tertiary/aromatic N) is 2. The van der Waals surface area contributed by atoms with Gasteiger partial charge < -0.3 is 10.3 Å². The van der Waals surface area contributed by atoms with Gasteiger partial charge in [0.05, 0.1) is 17.4 Å². The maximum absolute atomic E-state index is 12.7. The van der Waals surface area contributed by atoms with Crippen molar-refractivity contribution in [2.75, 3.05) is 12.0 Å². The third-order valence-electron chi connectivity index (χ3n) is 4.48. The van der Waals surface area contributed by atoms with Gasteiger partial charge in [0.2, 0.25) is 0 Å². The molecular weight excluding hydrogens is 240 g/mol. The van der Waals surface area contributed by atoms with Crippen LogP contribution in [0.2, 0.25) is 0 Å². The minimum absolute atomic E-state index is 0.0877. The van der Waals surface area contributed by atoms with Gasteiger partial charge >= 0.3 is 0 Å². The number of amides is 1. The summed E-state index contributed by atoms with van der Waals surface area (Å²) < 4.78 is 0. The molecule has 0 bridgehead atoms. The van der Waals surface area contributed by atoms with E-state index in [0.717, 1.165) is 19.4 Å². The second-order valence-corrected chi connectivity index (χ2v) is 5.46. The summed E-state index contributed by atoms with van der Waals surface area (Å²) in [7, 11) is 0. The lowest BCUT2D eigenvalue weighted by Crippen LogP contribution is -2.39. The topological polar surface area (TPSA) is 71.2 Å². The van der Waals surface area contributed by atoms with Crippen LogP contribution in [0.15, 0.2) is 18.5 Å². The van der Waals surface area contributed by atoms with Crippen LogP contribution in [0.25, 0.3) is 0 Å². The molecule has 2 fully saturated rings. The van der Waals surface area contributed by atoms with Crippen LogP contribution in [0.3, 0.4) is 0 Å². The number of aromatic nitrogens is 1. The van der Waals surface area contributed by atoms with Crippen LogP contribution in [-0.4, -0.2) is 28.4 Å². The van der Waals surface area contributed by atoms with Gasteiger partial charge in [-0.1, -0.05) is 12.8 Å². The summed E-state index contributed by atoms with van der Waals surface area (Å²) in [5, 5.41) is 0. The first-order valence-corrected chi connectivity index (χ1v) is 7.03. The highest BCUT2D eigenvalue weighted by Crippen LogP contribution is 2.37. The highest BCUT2D eigenvalue weighted by Gasteiger charge is 2.38. The molecule has 0 radical (unpaired) electrons. The lowest BCUT2D eigenvalue weighted by molar-refractivity contribution is 0.0691. The molecule has 1 aromatic heterocycles. The number of hydrazine groups is 1. The third-order valence-corrected chi connectivity index (χ3v) is 4.48. The molecule has 1 aliphatic heterocycles. The van der Waals surface area contributed by atoms with Gasteiger partial charge in [0.15, 0.2) is 0 Å². The van der Waals surface area contributed by atoms with Crippen molar-refractivity contribution >= 4 is 11.6 Å². The molecule has 102 valence electrons.